The highest BCUT2D eigenvalue weighted by Gasteiger charge is 1.97. The number of halogens is 2. The zero-order chi connectivity index (χ0) is 14.5. The molecule has 0 radical (unpaired) electrons. The number of hydrogen-bond acceptors (Lipinski definition) is 2. The molecule has 0 fully saturated rings. The lowest BCUT2D eigenvalue weighted by Crippen LogP contribution is -1.75. The van der Waals surface area contributed by atoms with Crippen LogP contribution in [-0.4, -0.2) is 0 Å². The van der Waals surface area contributed by atoms with Crippen LogP contribution in [0.4, 0.5) is 0 Å². The van der Waals surface area contributed by atoms with Crippen LogP contribution in [0.15, 0.2) is 57.0 Å². The minimum atomic E-state index is 0.777. The third-order valence-corrected chi connectivity index (χ3v) is 4.66. The highest BCUT2D eigenvalue weighted by molar-refractivity contribution is 8.05. The SMILES string of the molecule is Cc1cc(Cl)cc(SC=CSc2cc(C)cc(Cl)c2)c1. The van der Waals surface area contributed by atoms with Crippen LogP contribution in [0.25, 0.3) is 0 Å². The summed E-state index contributed by atoms with van der Waals surface area (Å²) in [4.78, 5) is 2.29. The van der Waals surface area contributed by atoms with Crippen molar-refractivity contribution in [3.8, 4) is 0 Å². The second kappa shape index (κ2) is 7.46. The van der Waals surface area contributed by atoms with Gasteiger partial charge in [-0.2, -0.15) is 0 Å². The Morgan fingerprint density at radius 3 is 1.45 bits per heavy atom. The highest BCUT2D eigenvalue weighted by Crippen LogP contribution is 2.28. The fraction of sp³-hybridized carbons (Fsp3) is 0.125. The van der Waals surface area contributed by atoms with Gasteiger partial charge in [-0.15, -0.1) is 0 Å². The third kappa shape index (κ3) is 5.10. The summed E-state index contributed by atoms with van der Waals surface area (Å²) in [5, 5.41) is 5.68. The molecule has 4 heteroatoms. The molecule has 2 aromatic carbocycles. The molecule has 0 saturated carbocycles. The number of thioether (sulfide) groups is 2. The average Bonchev–Trinajstić information content (AvgIpc) is 2.32. The summed E-state index contributed by atoms with van der Waals surface area (Å²) in [6.45, 7) is 4.09. The van der Waals surface area contributed by atoms with E-state index in [2.05, 4.69) is 22.9 Å². The van der Waals surface area contributed by atoms with Crippen LogP contribution in [0.1, 0.15) is 11.1 Å². The van der Waals surface area contributed by atoms with Crippen LogP contribution in [0, 0.1) is 13.8 Å². The van der Waals surface area contributed by atoms with Crippen LogP contribution < -0.4 is 0 Å². The normalized spacial score (nSPS) is 11.2. The lowest BCUT2D eigenvalue weighted by atomic mass is 10.2. The fourth-order valence-corrected chi connectivity index (χ4v) is 4.12. The minimum absolute atomic E-state index is 0.777. The summed E-state index contributed by atoms with van der Waals surface area (Å²) in [5.74, 6) is 0. The van der Waals surface area contributed by atoms with Gasteiger partial charge < -0.3 is 0 Å². The van der Waals surface area contributed by atoms with Crippen molar-refractivity contribution >= 4 is 46.7 Å². The van der Waals surface area contributed by atoms with Gasteiger partial charge in [-0.3, -0.25) is 0 Å². The second-order valence-electron chi connectivity index (χ2n) is 4.44. The molecule has 2 aromatic rings. The molecule has 0 unspecified atom stereocenters. The van der Waals surface area contributed by atoms with E-state index in [1.165, 1.54) is 11.1 Å². The first-order chi connectivity index (χ1) is 9.52. The van der Waals surface area contributed by atoms with Crippen molar-refractivity contribution in [1.29, 1.82) is 0 Å². The molecule has 20 heavy (non-hydrogen) atoms. The Balaban J connectivity index is 1.96. The number of hydrogen-bond donors (Lipinski definition) is 0. The van der Waals surface area contributed by atoms with Crippen LogP contribution >= 0.6 is 46.7 Å². The van der Waals surface area contributed by atoms with Crippen molar-refractivity contribution in [2.45, 2.75) is 23.6 Å². The monoisotopic (exact) mass is 340 g/mol. The second-order valence-corrected chi connectivity index (χ2v) is 7.27. The van der Waals surface area contributed by atoms with E-state index in [4.69, 9.17) is 23.2 Å². The van der Waals surface area contributed by atoms with E-state index < -0.39 is 0 Å². The molecule has 0 spiro atoms. The smallest absolute Gasteiger partial charge is 0.0419 e. The summed E-state index contributed by atoms with van der Waals surface area (Å²) < 4.78 is 0. The van der Waals surface area contributed by atoms with Crippen LogP contribution in [0.5, 0.6) is 0 Å². The van der Waals surface area contributed by atoms with Crippen LogP contribution in [0.2, 0.25) is 10.0 Å². The Kier molecular flexibility index (Phi) is 5.91. The zero-order valence-electron chi connectivity index (χ0n) is 11.2. The predicted molar refractivity (Wildman–Crippen MR) is 93.2 cm³/mol. The maximum Gasteiger partial charge on any atom is 0.0419 e. The number of aryl methyl sites for hydroxylation is 2. The quantitative estimate of drug-likeness (QED) is 0.551. The van der Waals surface area contributed by atoms with Crippen molar-refractivity contribution in [2.24, 2.45) is 0 Å². The van der Waals surface area contributed by atoms with Crippen LogP contribution in [0.3, 0.4) is 0 Å². The van der Waals surface area contributed by atoms with Gasteiger partial charge in [0.25, 0.3) is 0 Å². The Labute approximate surface area is 138 Å². The van der Waals surface area contributed by atoms with Crippen LogP contribution in [-0.2, 0) is 0 Å². The van der Waals surface area contributed by atoms with E-state index in [9.17, 15) is 0 Å². The first-order valence-electron chi connectivity index (χ1n) is 6.06. The molecule has 0 atom stereocenters. The average molecular weight is 341 g/mol. The minimum Gasteiger partial charge on any atom is -0.0975 e. The van der Waals surface area contributed by atoms with Gasteiger partial charge in [0.1, 0.15) is 0 Å². The summed E-state index contributed by atoms with van der Waals surface area (Å²) >= 11 is 15.4. The van der Waals surface area contributed by atoms with Crippen molar-refractivity contribution < 1.29 is 0 Å². The fourth-order valence-electron chi connectivity index (χ4n) is 1.75. The number of benzene rings is 2. The molecular formula is C16H14Cl2S2. The summed E-state index contributed by atoms with van der Waals surface area (Å²) in [7, 11) is 0. The van der Waals surface area contributed by atoms with Gasteiger partial charge in [0.2, 0.25) is 0 Å². The Morgan fingerprint density at radius 1 is 0.700 bits per heavy atom. The van der Waals surface area contributed by atoms with Crippen molar-refractivity contribution in [3.63, 3.8) is 0 Å². The molecule has 0 nitrogen and oxygen atoms in total. The standard InChI is InChI=1S/C16H14Cl2S2/c1-11-5-13(17)9-15(7-11)19-3-4-20-16-8-12(2)6-14(18)10-16/h3-10H,1-2H3. The molecule has 0 amide bonds. The molecule has 0 bridgehead atoms. The maximum absolute atomic E-state index is 6.04. The molecule has 2 rings (SSSR count). The van der Waals surface area contributed by atoms with Gasteiger partial charge >= 0.3 is 0 Å². The van der Waals surface area contributed by atoms with E-state index in [0.29, 0.717) is 0 Å². The summed E-state index contributed by atoms with van der Waals surface area (Å²) in [6, 6.07) is 12.1. The first-order valence-corrected chi connectivity index (χ1v) is 8.57. The summed E-state index contributed by atoms with van der Waals surface area (Å²) in [5.41, 5.74) is 2.35. The molecule has 0 saturated heterocycles. The molecule has 0 heterocycles. The molecule has 0 aliphatic heterocycles. The first kappa shape index (κ1) is 15.8. The lowest BCUT2D eigenvalue weighted by Gasteiger charge is -2.01. The van der Waals surface area contributed by atoms with Crippen molar-refractivity contribution in [1.82, 2.24) is 0 Å². The zero-order valence-corrected chi connectivity index (χ0v) is 14.3. The van der Waals surface area contributed by atoms with Gasteiger partial charge in [-0.05, 0) is 72.2 Å². The van der Waals surface area contributed by atoms with Crippen molar-refractivity contribution in [3.05, 3.63) is 68.4 Å². The van der Waals surface area contributed by atoms with Gasteiger partial charge in [-0.25, -0.2) is 0 Å². The molecule has 0 N–H and O–H groups in total. The lowest BCUT2D eigenvalue weighted by molar-refractivity contribution is 1.36. The third-order valence-electron chi connectivity index (χ3n) is 2.50. The summed E-state index contributed by atoms with van der Waals surface area (Å²) in [6.07, 6.45) is 0. The van der Waals surface area contributed by atoms with E-state index in [0.717, 1.165) is 19.8 Å². The molecule has 104 valence electrons. The van der Waals surface area contributed by atoms with E-state index in [1.54, 1.807) is 23.5 Å². The van der Waals surface area contributed by atoms with Gasteiger partial charge in [0.15, 0.2) is 0 Å². The molecule has 0 aliphatic rings. The largest absolute Gasteiger partial charge is 0.0975 e. The Bertz CT molecular complexity index is 540. The van der Waals surface area contributed by atoms with E-state index in [-0.39, 0.29) is 0 Å². The van der Waals surface area contributed by atoms with Gasteiger partial charge in [-0.1, -0.05) is 46.7 Å². The maximum atomic E-state index is 6.04. The van der Waals surface area contributed by atoms with E-state index in [1.807, 2.05) is 38.1 Å². The Hall–Kier alpha value is -0.540. The van der Waals surface area contributed by atoms with Crippen molar-refractivity contribution in [2.75, 3.05) is 0 Å². The predicted octanol–water partition coefficient (Wildman–Crippen LogP) is 6.97. The molecular weight excluding hydrogens is 327 g/mol. The highest BCUT2D eigenvalue weighted by atomic mass is 35.5. The van der Waals surface area contributed by atoms with Gasteiger partial charge in [0, 0.05) is 19.8 Å². The van der Waals surface area contributed by atoms with E-state index >= 15 is 0 Å². The molecule has 0 aliphatic carbocycles. The van der Waals surface area contributed by atoms with Gasteiger partial charge in [0.05, 0.1) is 0 Å². The Morgan fingerprint density at radius 2 is 1.10 bits per heavy atom. The number of rotatable bonds is 4. The topological polar surface area (TPSA) is 0 Å². The molecule has 0 aromatic heterocycles.